The van der Waals surface area contributed by atoms with Crippen LogP contribution in [-0.4, -0.2) is 36.7 Å². The molecule has 3 heterocycles. The third-order valence-corrected chi connectivity index (χ3v) is 5.44. The number of amides is 1. The molecule has 0 aliphatic rings. The topological polar surface area (TPSA) is 102 Å². The van der Waals surface area contributed by atoms with E-state index in [9.17, 15) is 19.1 Å². The number of nitrogens with zero attached hydrogens (tertiary/aromatic N) is 4. The van der Waals surface area contributed by atoms with Gasteiger partial charge in [0.1, 0.15) is 16.9 Å². The van der Waals surface area contributed by atoms with E-state index in [-0.39, 0.29) is 16.9 Å². The van der Waals surface area contributed by atoms with Crippen molar-refractivity contribution in [3.63, 3.8) is 0 Å². The van der Waals surface area contributed by atoms with Crippen molar-refractivity contribution < 1.29 is 14.3 Å². The monoisotopic (exact) mass is 449 g/mol. The molecule has 0 aliphatic heterocycles. The standard InChI is InChI=1S/C24H24FN5O3/c1-2-30-19-13-17(12-16-4-6-18(25)7-5-16)14-28-21(19)22(31)20(24(30)33)23(32)27-8-3-10-29-11-9-26-15-29/h4-7,9,11,13-15,31H,2-3,8,10,12H2,1H3,(H,27,32). The molecule has 170 valence electrons. The predicted molar refractivity (Wildman–Crippen MR) is 122 cm³/mol. The van der Waals surface area contributed by atoms with Crippen LogP contribution in [0.1, 0.15) is 34.8 Å². The van der Waals surface area contributed by atoms with Gasteiger partial charge in [0.05, 0.1) is 11.8 Å². The maximum atomic E-state index is 13.2. The Labute approximate surface area is 189 Å². The van der Waals surface area contributed by atoms with Crippen molar-refractivity contribution in [3.8, 4) is 5.75 Å². The Kier molecular flexibility index (Phi) is 6.48. The van der Waals surface area contributed by atoms with Crippen molar-refractivity contribution >= 4 is 16.9 Å². The molecule has 4 aromatic rings. The van der Waals surface area contributed by atoms with Gasteiger partial charge in [0.15, 0.2) is 5.75 Å². The first kappa shape index (κ1) is 22.2. The smallest absolute Gasteiger partial charge is 0.267 e. The Balaban J connectivity index is 1.59. The number of imidazole rings is 1. The van der Waals surface area contributed by atoms with Crippen LogP contribution in [0.15, 0.2) is 60.0 Å². The number of benzene rings is 1. The lowest BCUT2D eigenvalue weighted by molar-refractivity contribution is 0.0948. The molecule has 8 nitrogen and oxygen atoms in total. The van der Waals surface area contributed by atoms with E-state index in [1.54, 1.807) is 43.8 Å². The summed E-state index contributed by atoms with van der Waals surface area (Å²) in [6.07, 6.45) is 7.91. The van der Waals surface area contributed by atoms with Crippen LogP contribution in [0.25, 0.3) is 11.0 Å². The van der Waals surface area contributed by atoms with E-state index in [2.05, 4.69) is 15.3 Å². The quantitative estimate of drug-likeness (QED) is 0.403. The minimum Gasteiger partial charge on any atom is -0.505 e. The van der Waals surface area contributed by atoms with Gasteiger partial charge in [-0.25, -0.2) is 9.37 Å². The van der Waals surface area contributed by atoms with Gasteiger partial charge in [-0.05, 0) is 49.1 Å². The number of hydrogen-bond donors (Lipinski definition) is 2. The number of fused-ring (bicyclic) bond motifs is 1. The molecule has 9 heteroatoms. The van der Waals surface area contributed by atoms with E-state index in [0.717, 1.165) is 11.1 Å². The predicted octanol–water partition coefficient (Wildman–Crippen LogP) is 2.87. The second-order valence-electron chi connectivity index (χ2n) is 7.70. The third-order valence-electron chi connectivity index (χ3n) is 5.44. The molecule has 4 rings (SSSR count). The lowest BCUT2D eigenvalue weighted by atomic mass is 10.1. The van der Waals surface area contributed by atoms with Crippen LogP contribution < -0.4 is 10.9 Å². The number of nitrogens with one attached hydrogen (secondary N) is 1. The molecular weight excluding hydrogens is 425 g/mol. The number of hydrogen-bond acceptors (Lipinski definition) is 5. The SMILES string of the molecule is CCn1c(=O)c(C(=O)NCCCn2ccnc2)c(O)c2ncc(Cc3ccc(F)cc3)cc21. The normalized spacial score (nSPS) is 11.1. The summed E-state index contributed by atoms with van der Waals surface area (Å²) in [5.41, 5.74) is 1.42. The molecule has 0 saturated heterocycles. The summed E-state index contributed by atoms with van der Waals surface area (Å²) in [5, 5.41) is 13.5. The summed E-state index contributed by atoms with van der Waals surface area (Å²) in [6.45, 7) is 3.10. The van der Waals surface area contributed by atoms with Crippen LogP contribution in [0.4, 0.5) is 4.39 Å². The zero-order chi connectivity index (χ0) is 23.4. The fourth-order valence-corrected chi connectivity index (χ4v) is 3.77. The molecule has 0 aliphatic carbocycles. The molecule has 0 radical (unpaired) electrons. The number of aryl methyl sites for hydroxylation is 2. The van der Waals surface area contributed by atoms with Crippen molar-refractivity contribution in [3.05, 3.63) is 88.1 Å². The number of carbonyl (C=O) groups is 1. The highest BCUT2D eigenvalue weighted by Gasteiger charge is 2.22. The molecule has 0 saturated carbocycles. The Morgan fingerprint density at radius 1 is 1.21 bits per heavy atom. The highest BCUT2D eigenvalue weighted by molar-refractivity contribution is 6.01. The lowest BCUT2D eigenvalue weighted by Gasteiger charge is -2.14. The average molecular weight is 449 g/mol. The van der Waals surface area contributed by atoms with E-state index < -0.39 is 17.2 Å². The van der Waals surface area contributed by atoms with Gasteiger partial charge < -0.3 is 19.6 Å². The fourth-order valence-electron chi connectivity index (χ4n) is 3.77. The summed E-state index contributed by atoms with van der Waals surface area (Å²) < 4.78 is 16.5. The van der Waals surface area contributed by atoms with Gasteiger partial charge in [-0.1, -0.05) is 12.1 Å². The third kappa shape index (κ3) is 4.77. The van der Waals surface area contributed by atoms with Crippen LogP contribution >= 0.6 is 0 Å². The molecule has 0 atom stereocenters. The Morgan fingerprint density at radius 2 is 2.00 bits per heavy atom. The Bertz CT molecular complexity index is 1330. The van der Waals surface area contributed by atoms with Gasteiger partial charge in [0.2, 0.25) is 0 Å². The first-order chi connectivity index (χ1) is 16.0. The van der Waals surface area contributed by atoms with Crippen molar-refractivity contribution in [2.45, 2.75) is 32.9 Å². The minimum atomic E-state index is -0.635. The largest absolute Gasteiger partial charge is 0.505 e. The van der Waals surface area contributed by atoms with Gasteiger partial charge in [-0.3, -0.25) is 14.6 Å². The number of rotatable bonds is 8. The van der Waals surface area contributed by atoms with Gasteiger partial charge in [-0.15, -0.1) is 0 Å². The first-order valence-corrected chi connectivity index (χ1v) is 10.7. The van der Waals surface area contributed by atoms with Crippen LogP contribution in [0.2, 0.25) is 0 Å². The van der Waals surface area contributed by atoms with E-state index in [4.69, 9.17) is 0 Å². The first-order valence-electron chi connectivity index (χ1n) is 10.7. The Hall–Kier alpha value is -4.01. The maximum Gasteiger partial charge on any atom is 0.267 e. The van der Waals surface area contributed by atoms with Crippen LogP contribution in [0.3, 0.4) is 0 Å². The zero-order valence-electron chi connectivity index (χ0n) is 18.2. The molecule has 2 N–H and O–H groups in total. The number of carbonyl (C=O) groups excluding carboxylic acids is 1. The van der Waals surface area contributed by atoms with Crippen LogP contribution in [0, 0.1) is 5.82 Å². The van der Waals surface area contributed by atoms with Crippen molar-refractivity contribution in [2.75, 3.05) is 6.54 Å². The summed E-state index contributed by atoms with van der Waals surface area (Å²) in [5.74, 6) is -1.38. The second-order valence-corrected chi connectivity index (χ2v) is 7.70. The van der Waals surface area contributed by atoms with Crippen LogP contribution in [-0.2, 0) is 19.5 Å². The molecule has 0 spiro atoms. The molecule has 0 unspecified atom stereocenters. The van der Waals surface area contributed by atoms with Crippen molar-refractivity contribution in [2.24, 2.45) is 0 Å². The molecule has 1 aromatic carbocycles. The highest BCUT2D eigenvalue weighted by Crippen LogP contribution is 2.26. The molecule has 1 amide bonds. The molecular formula is C24H24FN5O3. The molecule has 33 heavy (non-hydrogen) atoms. The second kappa shape index (κ2) is 9.64. The van der Waals surface area contributed by atoms with Gasteiger partial charge in [0.25, 0.3) is 11.5 Å². The lowest BCUT2D eigenvalue weighted by Crippen LogP contribution is -2.34. The van der Waals surface area contributed by atoms with E-state index in [1.807, 2.05) is 10.8 Å². The van der Waals surface area contributed by atoms with E-state index in [0.29, 0.717) is 38.0 Å². The van der Waals surface area contributed by atoms with Gasteiger partial charge in [-0.2, -0.15) is 0 Å². The van der Waals surface area contributed by atoms with Crippen molar-refractivity contribution in [1.82, 2.24) is 24.4 Å². The number of aromatic hydroxyl groups is 1. The number of halogens is 1. The Morgan fingerprint density at radius 3 is 2.70 bits per heavy atom. The summed E-state index contributed by atoms with van der Waals surface area (Å²) >= 11 is 0. The number of aromatic nitrogens is 4. The van der Waals surface area contributed by atoms with Gasteiger partial charge >= 0.3 is 0 Å². The maximum absolute atomic E-state index is 13.2. The summed E-state index contributed by atoms with van der Waals surface area (Å²) in [7, 11) is 0. The molecule has 3 aromatic heterocycles. The summed E-state index contributed by atoms with van der Waals surface area (Å²) in [4.78, 5) is 34.1. The van der Waals surface area contributed by atoms with Crippen LogP contribution in [0.5, 0.6) is 5.75 Å². The van der Waals surface area contributed by atoms with E-state index in [1.165, 1.54) is 16.7 Å². The summed E-state index contributed by atoms with van der Waals surface area (Å²) in [6, 6.07) is 7.91. The van der Waals surface area contributed by atoms with E-state index >= 15 is 0 Å². The number of pyridine rings is 2. The van der Waals surface area contributed by atoms with Crippen molar-refractivity contribution in [1.29, 1.82) is 0 Å². The minimum absolute atomic E-state index is 0.183. The van der Waals surface area contributed by atoms with Gasteiger partial charge in [0, 0.05) is 38.2 Å². The zero-order valence-corrected chi connectivity index (χ0v) is 18.2. The average Bonchev–Trinajstić information content (AvgIpc) is 3.32. The fraction of sp³-hybridized carbons (Fsp3) is 0.250. The highest BCUT2D eigenvalue weighted by atomic mass is 19.1. The molecule has 0 fully saturated rings. The molecule has 0 bridgehead atoms.